The molecular formula is C14H12O2S. The number of hydrogen-bond acceptors (Lipinski definition) is 3. The van der Waals surface area contributed by atoms with Crippen LogP contribution in [0.2, 0.25) is 0 Å². The van der Waals surface area contributed by atoms with Crippen LogP contribution in [0.25, 0.3) is 0 Å². The molecule has 3 heteroatoms. The number of ketones is 1. The second kappa shape index (κ2) is 5.06. The van der Waals surface area contributed by atoms with Gasteiger partial charge in [-0.1, -0.05) is 24.3 Å². The molecule has 2 rings (SSSR count). The van der Waals surface area contributed by atoms with Crippen LogP contribution in [0.4, 0.5) is 0 Å². The molecule has 0 aromatic heterocycles. The summed E-state index contributed by atoms with van der Waals surface area (Å²) in [5, 5.41) is 0. The highest BCUT2D eigenvalue weighted by Gasteiger charge is 2.15. The van der Waals surface area contributed by atoms with E-state index in [0.29, 0.717) is 21.8 Å². The van der Waals surface area contributed by atoms with Gasteiger partial charge in [0.2, 0.25) is 0 Å². The molecule has 0 fully saturated rings. The van der Waals surface area contributed by atoms with Gasteiger partial charge in [0.25, 0.3) is 0 Å². The molecule has 0 spiro atoms. The number of thiol groups is 1. The molecule has 0 amide bonds. The van der Waals surface area contributed by atoms with Crippen LogP contribution >= 0.6 is 12.6 Å². The average molecular weight is 244 g/mol. The van der Waals surface area contributed by atoms with Gasteiger partial charge in [-0.3, -0.25) is 4.79 Å². The topological polar surface area (TPSA) is 26.3 Å². The SMILES string of the molecule is COc1ccccc1C(=O)c1ccccc1S. The van der Waals surface area contributed by atoms with Crippen molar-refractivity contribution in [3.8, 4) is 5.75 Å². The molecular weight excluding hydrogens is 232 g/mol. The van der Waals surface area contributed by atoms with Crippen molar-refractivity contribution in [2.45, 2.75) is 4.90 Å². The van der Waals surface area contributed by atoms with Gasteiger partial charge in [0.1, 0.15) is 5.75 Å². The minimum Gasteiger partial charge on any atom is -0.496 e. The van der Waals surface area contributed by atoms with Crippen LogP contribution in [0.3, 0.4) is 0 Å². The number of carbonyl (C=O) groups is 1. The predicted octanol–water partition coefficient (Wildman–Crippen LogP) is 3.21. The van der Waals surface area contributed by atoms with Crippen molar-refractivity contribution >= 4 is 18.4 Å². The second-order valence-electron chi connectivity index (χ2n) is 3.55. The van der Waals surface area contributed by atoms with Crippen LogP contribution in [0.1, 0.15) is 15.9 Å². The third kappa shape index (κ3) is 2.34. The van der Waals surface area contributed by atoms with Crippen molar-refractivity contribution in [2.75, 3.05) is 7.11 Å². The maximum Gasteiger partial charge on any atom is 0.197 e. The molecule has 17 heavy (non-hydrogen) atoms. The summed E-state index contributed by atoms with van der Waals surface area (Å²) in [7, 11) is 1.55. The maximum atomic E-state index is 12.3. The molecule has 0 heterocycles. The Morgan fingerprint density at radius 1 is 1.00 bits per heavy atom. The fourth-order valence-electron chi connectivity index (χ4n) is 1.64. The van der Waals surface area contributed by atoms with Gasteiger partial charge in [-0.2, -0.15) is 0 Å². The lowest BCUT2D eigenvalue weighted by molar-refractivity contribution is 0.103. The number of para-hydroxylation sites is 1. The van der Waals surface area contributed by atoms with E-state index in [0.717, 1.165) is 0 Å². The lowest BCUT2D eigenvalue weighted by Gasteiger charge is -2.08. The zero-order chi connectivity index (χ0) is 12.3. The minimum absolute atomic E-state index is 0.0759. The van der Waals surface area contributed by atoms with E-state index in [2.05, 4.69) is 12.6 Å². The molecule has 0 aliphatic heterocycles. The summed E-state index contributed by atoms with van der Waals surface area (Å²) in [5.41, 5.74) is 1.14. The average Bonchev–Trinajstić information content (AvgIpc) is 2.38. The first-order valence-electron chi connectivity index (χ1n) is 5.19. The Labute approximate surface area is 106 Å². The van der Waals surface area contributed by atoms with Crippen LogP contribution in [0.5, 0.6) is 5.75 Å². The summed E-state index contributed by atoms with van der Waals surface area (Å²) in [6.07, 6.45) is 0. The molecule has 0 N–H and O–H groups in total. The van der Waals surface area contributed by atoms with Gasteiger partial charge in [0.15, 0.2) is 5.78 Å². The van der Waals surface area contributed by atoms with Gasteiger partial charge >= 0.3 is 0 Å². The highest BCUT2D eigenvalue weighted by Crippen LogP contribution is 2.23. The molecule has 0 saturated heterocycles. The molecule has 0 saturated carbocycles. The maximum absolute atomic E-state index is 12.3. The Bertz CT molecular complexity index is 549. The van der Waals surface area contributed by atoms with Gasteiger partial charge in [-0.15, -0.1) is 12.6 Å². The third-order valence-electron chi connectivity index (χ3n) is 2.50. The monoisotopic (exact) mass is 244 g/mol. The van der Waals surface area contributed by atoms with Gasteiger partial charge < -0.3 is 4.74 Å². The van der Waals surface area contributed by atoms with Gasteiger partial charge in [0, 0.05) is 10.5 Å². The molecule has 86 valence electrons. The summed E-state index contributed by atoms with van der Waals surface area (Å²) >= 11 is 4.29. The molecule has 0 radical (unpaired) electrons. The summed E-state index contributed by atoms with van der Waals surface area (Å²) in [6, 6.07) is 14.4. The zero-order valence-electron chi connectivity index (χ0n) is 9.38. The number of carbonyl (C=O) groups excluding carboxylic acids is 1. The molecule has 2 aromatic rings. The fraction of sp³-hybridized carbons (Fsp3) is 0.0714. The number of benzene rings is 2. The zero-order valence-corrected chi connectivity index (χ0v) is 10.3. The van der Waals surface area contributed by atoms with Crippen molar-refractivity contribution in [2.24, 2.45) is 0 Å². The first-order valence-corrected chi connectivity index (χ1v) is 5.64. The lowest BCUT2D eigenvalue weighted by atomic mass is 10.0. The molecule has 0 unspecified atom stereocenters. The van der Waals surface area contributed by atoms with Crippen LogP contribution < -0.4 is 4.74 Å². The van der Waals surface area contributed by atoms with Crippen molar-refractivity contribution in [1.29, 1.82) is 0 Å². The second-order valence-corrected chi connectivity index (χ2v) is 4.03. The lowest BCUT2D eigenvalue weighted by Crippen LogP contribution is -2.04. The quantitative estimate of drug-likeness (QED) is 0.663. The highest BCUT2D eigenvalue weighted by molar-refractivity contribution is 7.80. The van der Waals surface area contributed by atoms with Crippen LogP contribution in [0, 0.1) is 0 Å². The summed E-state index contributed by atoms with van der Waals surface area (Å²) < 4.78 is 5.18. The largest absolute Gasteiger partial charge is 0.496 e. The first-order chi connectivity index (χ1) is 8.24. The Morgan fingerprint density at radius 3 is 2.24 bits per heavy atom. The highest BCUT2D eigenvalue weighted by atomic mass is 32.1. The Kier molecular flexibility index (Phi) is 3.49. The number of hydrogen-bond donors (Lipinski definition) is 1. The van der Waals surface area contributed by atoms with Crippen LogP contribution in [-0.2, 0) is 0 Å². The van der Waals surface area contributed by atoms with E-state index in [9.17, 15) is 4.79 Å². The number of methoxy groups -OCH3 is 1. The van der Waals surface area contributed by atoms with Crippen molar-refractivity contribution in [3.63, 3.8) is 0 Å². The van der Waals surface area contributed by atoms with E-state index < -0.39 is 0 Å². The van der Waals surface area contributed by atoms with E-state index in [1.54, 1.807) is 31.4 Å². The minimum atomic E-state index is -0.0759. The number of ether oxygens (including phenoxy) is 1. The van der Waals surface area contributed by atoms with E-state index >= 15 is 0 Å². The van der Waals surface area contributed by atoms with Gasteiger partial charge in [0.05, 0.1) is 12.7 Å². The number of rotatable bonds is 3. The molecule has 2 aromatic carbocycles. The molecule has 0 atom stereocenters. The summed E-state index contributed by atoms with van der Waals surface area (Å²) in [6.45, 7) is 0. The smallest absolute Gasteiger partial charge is 0.197 e. The van der Waals surface area contributed by atoms with Gasteiger partial charge in [-0.25, -0.2) is 0 Å². The van der Waals surface area contributed by atoms with Crippen LogP contribution in [0.15, 0.2) is 53.4 Å². The predicted molar refractivity (Wildman–Crippen MR) is 70.1 cm³/mol. The van der Waals surface area contributed by atoms with E-state index in [1.807, 2.05) is 24.3 Å². The summed E-state index contributed by atoms with van der Waals surface area (Å²) in [4.78, 5) is 13.0. The first kappa shape index (κ1) is 11.7. The molecule has 0 aliphatic rings. The summed E-state index contributed by atoms with van der Waals surface area (Å²) in [5.74, 6) is 0.502. The van der Waals surface area contributed by atoms with E-state index in [4.69, 9.17) is 4.74 Å². The standard InChI is InChI=1S/C14H12O2S/c1-16-12-8-4-2-6-10(12)14(15)11-7-3-5-9-13(11)17/h2-9,17H,1H3. The Balaban J connectivity index is 2.48. The van der Waals surface area contributed by atoms with Crippen LogP contribution in [-0.4, -0.2) is 12.9 Å². The Hall–Kier alpha value is -1.74. The van der Waals surface area contributed by atoms with E-state index in [-0.39, 0.29) is 5.78 Å². The van der Waals surface area contributed by atoms with Crippen molar-refractivity contribution in [3.05, 3.63) is 59.7 Å². The van der Waals surface area contributed by atoms with Crippen molar-refractivity contribution < 1.29 is 9.53 Å². The van der Waals surface area contributed by atoms with E-state index in [1.165, 1.54) is 0 Å². The fourth-order valence-corrected chi connectivity index (χ4v) is 1.91. The van der Waals surface area contributed by atoms with Gasteiger partial charge in [-0.05, 0) is 24.3 Å². The molecule has 0 bridgehead atoms. The molecule has 0 aliphatic carbocycles. The third-order valence-corrected chi connectivity index (χ3v) is 2.89. The Morgan fingerprint density at radius 2 is 1.59 bits per heavy atom. The van der Waals surface area contributed by atoms with Crippen molar-refractivity contribution in [1.82, 2.24) is 0 Å². The molecule has 2 nitrogen and oxygen atoms in total. The normalized spacial score (nSPS) is 10.0.